The molecule has 6 heteroatoms. The number of hydrogen-bond acceptors (Lipinski definition) is 6. The molecule has 1 heterocycles. The summed E-state index contributed by atoms with van der Waals surface area (Å²) in [6.07, 6.45) is 0. The van der Waals surface area contributed by atoms with E-state index in [4.69, 9.17) is 9.15 Å². The number of methoxy groups -OCH3 is 1. The second kappa shape index (κ2) is 6.13. The largest absolute Gasteiger partial charge is 0.497 e. The topological polar surface area (TPSA) is 72.2 Å². The molecule has 0 saturated heterocycles. The standard InChI is InChI=1S/C15H22N4O2/c1-10-8-11(20-5)6-7-12(10)17-14-19-18-13(21-14)9-16-15(2,3)4/h6-8,16H,9H2,1-5H3,(H,17,19). The van der Waals surface area contributed by atoms with E-state index in [1.165, 1.54) is 0 Å². The van der Waals surface area contributed by atoms with Crippen molar-refractivity contribution in [3.63, 3.8) is 0 Å². The molecule has 0 spiro atoms. The minimum absolute atomic E-state index is 0.00857. The van der Waals surface area contributed by atoms with Gasteiger partial charge in [0.2, 0.25) is 5.89 Å². The molecule has 2 aromatic rings. The zero-order valence-electron chi connectivity index (χ0n) is 13.2. The van der Waals surface area contributed by atoms with Crippen LogP contribution in [0.2, 0.25) is 0 Å². The molecule has 0 amide bonds. The number of aryl methyl sites for hydroxylation is 1. The zero-order chi connectivity index (χ0) is 15.5. The molecule has 1 aromatic heterocycles. The molecule has 6 nitrogen and oxygen atoms in total. The Kier molecular flexibility index (Phi) is 4.47. The lowest BCUT2D eigenvalue weighted by atomic mass is 10.1. The monoisotopic (exact) mass is 290 g/mol. The molecular formula is C15H22N4O2. The first-order valence-electron chi connectivity index (χ1n) is 6.86. The van der Waals surface area contributed by atoms with Crippen LogP contribution in [0.3, 0.4) is 0 Å². The highest BCUT2D eigenvalue weighted by atomic mass is 16.5. The minimum Gasteiger partial charge on any atom is -0.497 e. The van der Waals surface area contributed by atoms with Crippen LogP contribution in [0.1, 0.15) is 32.2 Å². The number of hydrogen-bond donors (Lipinski definition) is 2. The van der Waals surface area contributed by atoms with Gasteiger partial charge in [-0.3, -0.25) is 0 Å². The number of nitrogens with one attached hydrogen (secondary N) is 2. The fourth-order valence-corrected chi connectivity index (χ4v) is 1.73. The molecule has 0 unspecified atom stereocenters. The Balaban J connectivity index is 2.02. The lowest BCUT2D eigenvalue weighted by Crippen LogP contribution is -2.35. The summed E-state index contributed by atoms with van der Waals surface area (Å²) in [5.41, 5.74) is 1.96. The van der Waals surface area contributed by atoms with Crippen LogP contribution in [0.5, 0.6) is 5.75 Å². The van der Waals surface area contributed by atoms with Crippen LogP contribution >= 0.6 is 0 Å². The van der Waals surface area contributed by atoms with Crippen LogP contribution in [-0.2, 0) is 6.54 Å². The van der Waals surface area contributed by atoms with Gasteiger partial charge < -0.3 is 19.8 Å². The number of anilines is 2. The van der Waals surface area contributed by atoms with E-state index < -0.39 is 0 Å². The van der Waals surface area contributed by atoms with Crippen molar-refractivity contribution in [2.45, 2.75) is 39.8 Å². The molecule has 0 aliphatic heterocycles. The molecule has 0 saturated carbocycles. The predicted molar refractivity (Wildman–Crippen MR) is 81.9 cm³/mol. The third-order valence-corrected chi connectivity index (χ3v) is 2.91. The van der Waals surface area contributed by atoms with Gasteiger partial charge in [0.25, 0.3) is 0 Å². The average molecular weight is 290 g/mol. The van der Waals surface area contributed by atoms with Crippen LogP contribution < -0.4 is 15.4 Å². The van der Waals surface area contributed by atoms with Crippen LogP contribution in [0.15, 0.2) is 22.6 Å². The minimum atomic E-state index is 0.00857. The van der Waals surface area contributed by atoms with Crippen LogP contribution in [0.4, 0.5) is 11.7 Å². The van der Waals surface area contributed by atoms with Gasteiger partial charge in [0.15, 0.2) is 0 Å². The van der Waals surface area contributed by atoms with E-state index >= 15 is 0 Å². The second-order valence-electron chi connectivity index (χ2n) is 5.91. The van der Waals surface area contributed by atoms with E-state index in [9.17, 15) is 0 Å². The Bertz CT molecular complexity index is 602. The first-order valence-corrected chi connectivity index (χ1v) is 6.86. The van der Waals surface area contributed by atoms with E-state index in [0.717, 1.165) is 17.0 Å². The highest BCUT2D eigenvalue weighted by Crippen LogP contribution is 2.24. The van der Waals surface area contributed by atoms with E-state index in [-0.39, 0.29) is 5.54 Å². The second-order valence-corrected chi connectivity index (χ2v) is 5.91. The molecule has 0 atom stereocenters. The van der Waals surface area contributed by atoms with E-state index in [1.807, 2.05) is 25.1 Å². The third-order valence-electron chi connectivity index (χ3n) is 2.91. The molecule has 0 aliphatic carbocycles. The normalized spacial score (nSPS) is 11.5. The van der Waals surface area contributed by atoms with Gasteiger partial charge in [-0.25, -0.2) is 0 Å². The van der Waals surface area contributed by atoms with Crippen LogP contribution in [-0.4, -0.2) is 22.8 Å². The Morgan fingerprint density at radius 3 is 2.62 bits per heavy atom. The van der Waals surface area contributed by atoms with Crippen molar-refractivity contribution >= 4 is 11.7 Å². The fourth-order valence-electron chi connectivity index (χ4n) is 1.73. The van der Waals surface area contributed by atoms with Crippen molar-refractivity contribution in [3.05, 3.63) is 29.7 Å². The average Bonchev–Trinajstić information content (AvgIpc) is 2.86. The summed E-state index contributed by atoms with van der Waals surface area (Å²) in [4.78, 5) is 0. The quantitative estimate of drug-likeness (QED) is 0.882. The van der Waals surface area contributed by atoms with Gasteiger partial charge >= 0.3 is 6.01 Å². The van der Waals surface area contributed by atoms with Crippen molar-refractivity contribution in [1.29, 1.82) is 0 Å². The lowest BCUT2D eigenvalue weighted by Gasteiger charge is -2.18. The van der Waals surface area contributed by atoms with E-state index in [0.29, 0.717) is 18.5 Å². The van der Waals surface area contributed by atoms with Crippen LogP contribution in [0.25, 0.3) is 0 Å². The van der Waals surface area contributed by atoms with E-state index in [2.05, 4.69) is 41.6 Å². The summed E-state index contributed by atoms with van der Waals surface area (Å²) in [5, 5.41) is 14.4. The Morgan fingerprint density at radius 1 is 1.24 bits per heavy atom. The van der Waals surface area contributed by atoms with Gasteiger partial charge in [0.1, 0.15) is 5.75 Å². The molecule has 0 aliphatic rings. The molecular weight excluding hydrogens is 268 g/mol. The molecule has 0 radical (unpaired) electrons. The number of ether oxygens (including phenoxy) is 1. The molecule has 2 rings (SSSR count). The van der Waals surface area contributed by atoms with Crippen molar-refractivity contribution in [3.8, 4) is 5.75 Å². The fraction of sp³-hybridized carbons (Fsp3) is 0.467. The number of nitrogens with zero attached hydrogens (tertiary/aromatic N) is 2. The predicted octanol–water partition coefficient (Wildman–Crippen LogP) is 3.02. The molecule has 21 heavy (non-hydrogen) atoms. The summed E-state index contributed by atoms with van der Waals surface area (Å²) in [6.45, 7) is 8.79. The van der Waals surface area contributed by atoms with Crippen molar-refractivity contribution < 1.29 is 9.15 Å². The van der Waals surface area contributed by atoms with Gasteiger partial charge in [-0.2, -0.15) is 0 Å². The SMILES string of the molecule is COc1ccc(Nc2nnc(CNC(C)(C)C)o2)c(C)c1. The smallest absolute Gasteiger partial charge is 0.320 e. The number of aromatic nitrogens is 2. The molecule has 114 valence electrons. The molecule has 0 bridgehead atoms. The summed E-state index contributed by atoms with van der Waals surface area (Å²) in [6, 6.07) is 6.13. The van der Waals surface area contributed by atoms with Gasteiger partial charge in [-0.15, -0.1) is 5.10 Å². The van der Waals surface area contributed by atoms with Gasteiger partial charge in [0, 0.05) is 11.2 Å². The summed E-state index contributed by atoms with van der Waals surface area (Å²) >= 11 is 0. The summed E-state index contributed by atoms with van der Waals surface area (Å²) < 4.78 is 10.7. The van der Waals surface area contributed by atoms with Crippen molar-refractivity contribution in [1.82, 2.24) is 15.5 Å². The number of benzene rings is 1. The Hall–Kier alpha value is -2.08. The Labute approximate surface area is 124 Å². The maximum Gasteiger partial charge on any atom is 0.320 e. The Morgan fingerprint density at radius 2 is 2.00 bits per heavy atom. The van der Waals surface area contributed by atoms with E-state index in [1.54, 1.807) is 7.11 Å². The maximum atomic E-state index is 5.57. The van der Waals surface area contributed by atoms with Gasteiger partial charge in [-0.05, 0) is 51.5 Å². The summed E-state index contributed by atoms with van der Waals surface area (Å²) in [5.74, 6) is 1.37. The maximum absolute atomic E-state index is 5.57. The lowest BCUT2D eigenvalue weighted by molar-refractivity contribution is 0.384. The van der Waals surface area contributed by atoms with Gasteiger partial charge in [0.05, 0.1) is 13.7 Å². The first-order chi connectivity index (χ1) is 9.87. The molecule has 1 aromatic carbocycles. The number of rotatable bonds is 5. The van der Waals surface area contributed by atoms with Gasteiger partial charge in [-0.1, -0.05) is 5.10 Å². The summed E-state index contributed by atoms with van der Waals surface area (Å²) in [7, 11) is 1.65. The zero-order valence-corrected chi connectivity index (χ0v) is 13.2. The van der Waals surface area contributed by atoms with Crippen molar-refractivity contribution in [2.24, 2.45) is 0 Å². The van der Waals surface area contributed by atoms with Crippen molar-refractivity contribution in [2.75, 3.05) is 12.4 Å². The first kappa shape index (κ1) is 15.3. The van der Waals surface area contributed by atoms with Crippen LogP contribution in [0, 0.1) is 6.92 Å². The highest BCUT2D eigenvalue weighted by Gasteiger charge is 2.12. The highest BCUT2D eigenvalue weighted by molar-refractivity contribution is 5.58. The molecule has 0 fully saturated rings. The third kappa shape index (κ3) is 4.46. The molecule has 2 N–H and O–H groups in total.